The third-order valence-corrected chi connectivity index (χ3v) is 5.34. The molecule has 0 aromatic rings. The Morgan fingerprint density at radius 1 is 1.14 bits per heavy atom. The summed E-state index contributed by atoms with van der Waals surface area (Å²) in [4.78, 5) is 2.46. The molecular weight excluding hydrogens is 268 g/mol. The van der Waals surface area contributed by atoms with Gasteiger partial charge in [-0.3, -0.25) is 4.90 Å². The van der Waals surface area contributed by atoms with Crippen LogP contribution in [0, 0.1) is 0 Å². The maximum Gasteiger partial charge on any atom is 0.170 e. The third-order valence-electron chi connectivity index (χ3n) is 5.34. The summed E-state index contributed by atoms with van der Waals surface area (Å²) >= 11 is 0. The molecule has 3 rings (SSSR count). The predicted octanol–water partition coefficient (Wildman–Crippen LogP) is 1.37. The van der Waals surface area contributed by atoms with Gasteiger partial charge in [-0.05, 0) is 39.8 Å². The Kier molecular flexibility index (Phi) is 5.17. The minimum absolute atomic E-state index is 0.320. The van der Waals surface area contributed by atoms with Gasteiger partial charge >= 0.3 is 0 Å². The van der Waals surface area contributed by atoms with E-state index >= 15 is 0 Å². The summed E-state index contributed by atoms with van der Waals surface area (Å²) in [6.07, 6.45) is 7.17. The van der Waals surface area contributed by atoms with Crippen molar-refractivity contribution >= 4 is 0 Å². The van der Waals surface area contributed by atoms with Crippen molar-refractivity contribution in [2.24, 2.45) is 0 Å². The first-order valence-corrected chi connectivity index (χ1v) is 8.49. The largest absolute Gasteiger partial charge is 0.377 e. The van der Waals surface area contributed by atoms with Crippen LogP contribution in [0.5, 0.6) is 0 Å². The van der Waals surface area contributed by atoms with Crippen LogP contribution in [0.15, 0.2) is 0 Å². The average molecular weight is 298 g/mol. The van der Waals surface area contributed by atoms with Crippen molar-refractivity contribution in [1.29, 1.82) is 0 Å². The summed E-state index contributed by atoms with van der Waals surface area (Å²) in [6.45, 7) is 3.42. The molecule has 1 saturated carbocycles. The molecule has 0 aromatic carbocycles. The zero-order valence-corrected chi connectivity index (χ0v) is 13.5. The number of ether oxygens (including phenoxy) is 3. The Bertz CT molecular complexity index is 327. The van der Waals surface area contributed by atoms with Gasteiger partial charge in [-0.1, -0.05) is 0 Å². The molecule has 1 aliphatic carbocycles. The topological polar surface area (TPSA) is 43.0 Å². The van der Waals surface area contributed by atoms with Gasteiger partial charge in [0.2, 0.25) is 0 Å². The zero-order chi connectivity index (χ0) is 14.7. The molecule has 21 heavy (non-hydrogen) atoms. The lowest BCUT2D eigenvalue weighted by molar-refractivity contribution is -0.193. The van der Waals surface area contributed by atoms with Crippen molar-refractivity contribution in [3.63, 3.8) is 0 Å². The molecule has 0 bridgehead atoms. The Hall–Kier alpha value is -0.200. The smallest absolute Gasteiger partial charge is 0.170 e. The van der Waals surface area contributed by atoms with E-state index in [9.17, 15) is 0 Å². The standard InChI is InChI=1S/C16H30N2O3/c1-17-14-6-7-16(20-9-10-21-16)11-15(14)18(2)12-13-5-3-4-8-19-13/h13-15,17H,3-12H2,1-2H3. The first-order valence-electron chi connectivity index (χ1n) is 8.49. The van der Waals surface area contributed by atoms with E-state index in [0.717, 1.165) is 45.6 Å². The SMILES string of the molecule is CNC1CCC2(CC1N(C)CC1CCCCO1)OCCO2. The summed E-state index contributed by atoms with van der Waals surface area (Å²) in [5.41, 5.74) is 0. The number of likely N-dealkylation sites (N-methyl/N-ethyl adjacent to an activating group) is 2. The second kappa shape index (κ2) is 6.92. The fourth-order valence-electron chi connectivity index (χ4n) is 4.10. The molecular formula is C16H30N2O3. The van der Waals surface area contributed by atoms with Crippen molar-refractivity contribution in [3.05, 3.63) is 0 Å². The van der Waals surface area contributed by atoms with Crippen LogP contribution in [0.25, 0.3) is 0 Å². The second-order valence-corrected chi connectivity index (χ2v) is 6.74. The molecule has 5 nitrogen and oxygen atoms in total. The van der Waals surface area contributed by atoms with Crippen LogP contribution in [-0.2, 0) is 14.2 Å². The van der Waals surface area contributed by atoms with Crippen molar-refractivity contribution in [2.45, 2.75) is 62.5 Å². The predicted molar refractivity (Wildman–Crippen MR) is 81.3 cm³/mol. The van der Waals surface area contributed by atoms with Gasteiger partial charge in [0, 0.05) is 38.1 Å². The Labute approximate surface area is 128 Å². The van der Waals surface area contributed by atoms with Crippen molar-refractivity contribution in [1.82, 2.24) is 10.2 Å². The van der Waals surface area contributed by atoms with Crippen LogP contribution in [0.3, 0.4) is 0 Å². The summed E-state index contributed by atoms with van der Waals surface area (Å²) < 4.78 is 17.8. The van der Waals surface area contributed by atoms with Crippen LogP contribution < -0.4 is 5.32 Å². The summed E-state index contributed by atoms with van der Waals surface area (Å²) in [7, 11) is 4.29. The lowest BCUT2D eigenvalue weighted by Gasteiger charge is -2.45. The van der Waals surface area contributed by atoms with E-state index in [1.807, 2.05) is 0 Å². The molecule has 2 aliphatic heterocycles. The van der Waals surface area contributed by atoms with E-state index < -0.39 is 0 Å². The molecule has 0 aromatic heterocycles. The van der Waals surface area contributed by atoms with Crippen LogP contribution >= 0.6 is 0 Å². The number of nitrogens with one attached hydrogen (secondary N) is 1. The lowest BCUT2D eigenvalue weighted by Crippen LogP contribution is -2.57. The molecule has 3 unspecified atom stereocenters. The molecule has 3 aliphatic rings. The minimum Gasteiger partial charge on any atom is -0.377 e. The molecule has 0 radical (unpaired) electrons. The highest BCUT2D eigenvalue weighted by Crippen LogP contribution is 2.37. The van der Waals surface area contributed by atoms with Crippen LogP contribution in [0.1, 0.15) is 38.5 Å². The number of hydrogen-bond acceptors (Lipinski definition) is 5. The fourth-order valence-corrected chi connectivity index (χ4v) is 4.10. The van der Waals surface area contributed by atoms with Gasteiger partial charge in [-0.2, -0.15) is 0 Å². The molecule has 0 amide bonds. The van der Waals surface area contributed by atoms with Gasteiger partial charge in [-0.25, -0.2) is 0 Å². The molecule has 2 heterocycles. The minimum atomic E-state index is -0.320. The van der Waals surface area contributed by atoms with E-state index in [1.165, 1.54) is 19.3 Å². The number of nitrogens with zero attached hydrogens (tertiary/aromatic N) is 1. The van der Waals surface area contributed by atoms with Crippen molar-refractivity contribution in [3.8, 4) is 0 Å². The monoisotopic (exact) mass is 298 g/mol. The maximum atomic E-state index is 5.94. The van der Waals surface area contributed by atoms with Crippen LogP contribution in [-0.4, -0.2) is 69.3 Å². The lowest BCUT2D eigenvalue weighted by atomic mass is 9.84. The highest BCUT2D eigenvalue weighted by molar-refractivity contribution is 4.95. The van der Waals surface area contributed by atoms with E-state index in [1.54, 1.807) is 0 Å². The van der Waals surface area contributed by atoms with Crippen LogP contribution in [0.4, 0.5) is 0 Å². The van der Waals surface area contributed by atoms with E-state index in [4.69, 9.17) is 14.2 Å². The van der Waals surface area contributed by atoms with E-state index in [0.29, 0.717) is 18.2 Å². The van der Waals surface area contributed by atoms with Gasteiger partial charge in [0.05, 0.1) is 19.3 Å². The Balaban J connectivity index is 1.61. The Morgan fingerprint density at radius 2 is 1.95 bits per heavy atom. The van der Waals surface area contributed by atoms with Crippen molar-refractivity contribution < 1.29 is 14.2 Å². The van der Waals surface area contributed by atoms with Gasteiger partial charge in [0.25, 0.3) is 0 Å². The first-order chi connectivity index (χ1) is 10.2. The number of hydrogen-bond donors (Lipinski definition) is 1. The summed E-state index contributed by atoms with van der Waals surface area (Å²) in [6, 6.07) is 0.962. The summed E-state index contributed by atoms with van der Waals surface area (Å²) in [5, 5.41) is 3.48. The van der Waals surface area contributed by atoms with Gasteiger partial charge in [0.1, 0.15) is 0 Å². The molecule has 3 fully saturated rings. The first kappa shape index (κ1) is 15.7. The van der Waals surface area contributed by atoms with E-state index in [-0.39, 0.29) is 5.79 Å². The van der Waals surface area contributed by atoms with Gasteiger partial charge in [-0.15, -0.1) is 0 Å². The average Bonchev–Trinajstić information content (AvgIpc) is 2.96. The third kappa shape index (κ3) is 3.59. The highest BCUT2D eigenvalue weighted by Gasteiger charge is 2.46. The van der Waals surface area contributed by atoms with Gasteiger partial charge in [0.15, 0.2) is 5.79 Å². The quantitative estimate of drug-likeness (QED) is 0.849. The van der Waals surface area contributed by atoms with Gasteiger partial charge < -0.3 is 19.5 Å². The second-order valence-electron chi connectivity index (χ2n) is 6.74. The zero-order valence-electron chi connectivity index (χ0n) is 13.5. The highest BCUT2D eigenvalue weighted by atomic mass is 16.7. The maximum absolute atomic E-state index is 5.94. The molecule has 122 valence electrons. The molecule has 2 saturated heterocycles. The molecule has 1 N–H and O–H groups in total. The fraction of sp³-hybridized carbons (Fsp3) is 1.00. The Morgan fingerprint density at radius 3 is 2.62 bits per heavy atom. The summed E-state index contributed by atoms with van der Waals surface area (Å²) in [5.74, 6) is -0.320. The van der Waals surface area contributed by atoms with Crippen LogP contribution in [0.2, 0.25) is 0 Å². The molecule has 1 spiro atoms. The molecule has 3 atom stereocenters. The van der Waals surface area contributed by atoms with Crippen molar-refractivity contribution in [2.75, 3.05) is 40.5 Å². The normalized spacial score (nSPS) is 36.4. The number of rotatable bonds is 4. The van der Waals surface area contributed by atoms with E-state index in [2.05, 4.69) is 24.3 Å². The molecule has 5 heteroatoms.